The lowest BCUT2D eigenvalue weighted by Crippen LogP contribution is -2.08. The first-order valence-electron chi connectivity index (χ1n) is 6.65. The minimum absolute atomic E-state index is 0.0807. The van der Waals surface area contributed by atoms with Crippen LogP contribution in [0.4, 0.5) is 4.39 Å². The molecule has 0 bridgehead atoms. The van der Waals surface area contributed by atoms with E-state index in [2.05, 4.69) is 15.5 Å². The van der Waals surface area contributed by atoms with Crippen molar-refractivity contribution in [1.29, 1.82) is 0 Å². The lowest BCUT2D eigenvalue weighted by atomic mass is 10.2. The molecule has 1 N–H and O–H groups in total. The SMILES string of the molecule is CNCc1cccc(F)c1OCc1nc(C2CC2)no1. The number of benzene rings is 1. The van der Waals surface area contributed by atoms with Crippen molar-refractivity contribution < 1.29 is 13.7 Å². The topological polar surface area (TPSA) is 60.2 Å². The highest BCUT2D eigenvalue weighted by Gasteiger charge is 2.28. The molecule has 6 heteroatoms. The van der Waals surface area contributed by atoms with Gasteiger partial charge >= 0.3 is 0 Å². The molecule has 1 heterocycles. The van der Waals surface area contributed by atoms with Crippen LogP contribution in [0.3, 0.4) is 0 Å². The van der Waals surface area contributed by atoms with E-state index in [0.29, 0.717) is 18.4 Å². The molecule has 0 amide bonds. The van der Waals surface area contributed by atoms with Crippen LogP contribution in [0.1, 0.15) is 36.0 Å². The summed E-state index contributed by atoms with van der Waals surface area (Å²) in [6.45, 7) is 0.613. The van der Waals surface area contributed by atoms with E-state index in [1.54, 1.807) is 13.1 Å². The smallest absolute Gasteiger partial charge is 0.264 e. The molecule has 1 aliphatic carbocycles. The van der Waals surface area contributed by atoms with Crippen LogP contribution in [0.15, 0.2) is 22.7 Å². The first kappa shape index (κ1) is 13.1. The van der Waals surface area contributed by atoms with Gasteiger partial charge in [-0.15, -0.1) is 0 Å². The summed E-state index contributed by atoms with van der Waals surface area (Å²) in [5.74, 6) is 1.38. The van der Waals surface area contributed by atoms with Crippen molar-refractivity contribution in [2.45, 2.75) is 31.9 Å². The molecule has 0 aliphatic heterocycles. The molecule has 2 aromatic rings. The number of hydrogen-bond donors (Lipinski definition) is 1. The normalized spacial score (nSPS) is 14.5. The summed E-state index contributed by atoms with van der Waals surface area (Å²) in [5.41, 5.74) is 0.759. The van der Waals surface area contributed by atoms with Crippen LogP contribution < -0.4 is 10.1 Å². The van der Waals surface area contributed by atoms with E-state index in [9.17, 15) is 4.39 Å². The van der Waals surface area contributed by atoms with E-state index < -0.39 is 0 Å². The van der Waals surface area contributed by atoms with Gasteiger partial charge in [0, 0.05) is 18.0 Å². The van der Waals surface area contributed by atoms with Crippen LogP contribution in [-0.2, 0) is 13.2 Å². The predicted octanol–water partition coefficient (Wildman–Crippen LogP) is 2.38. The Morgan fingerprint density at radius 3 is 3.05 bits per heavy atom. The van der Waals surface area contributed by atoms with Crippen LogP contribution in [0.5, 0.6) is 5.75 Å². The van der Waals surface area contributed by atoms with Crippen molar-refractivity contribution in [3.05, 3.63) is 41.3 Å². The summed E-state index contributed by atoms with van der Waals surface area (Å²) in [6, 6.07) is 4.85. The number of aromatic nitrogens is 2. The lowest BCUT2D eigenvalue weighted by Gasteiger charge is -2.10. The van der Waals surface area contributed by atoms with Crippen molar-refractivity contribution in [3.63, 3.8) is 0 Å². The molecule has 1 aliphatic rings. The molecule has 0 radical (unpaired) electrons. The van der Waals surface area contributed by atoms with Gasteiger partial charge in [0.1, 0.15) is 0 Å². The molecular formula is C14H16FN3O2. The molecule has 20 heavy (non-hydrogen) atoms. The molecule has 0 unspecified atom stereocenters. The highest BCUT2D eigenvalue weighted by atomic mass is 19.1. The highest BCUT2D eigenvalue weighted by Crippen LogP contribution is 2.38. The Balaban J connectivity index is 1.70. The zero-order valence-electron chi connectivity index (χ0n) is 11.2. The second-order valence-electron chi connectivity index (χ2n) is 4.87. The number of ether oxygens (including phenoxy) is 1. The second kappa shape index (κ2) is 5.58. The van der Waals surface area contributed by atoms with Gasteiger partial charge in [-0.1, -0.05) is 17.3 Å². The summed E-state index contributed by atoms with van der Waals surface area (Å²) >= 11 is 0. The Kier molecular flexibility index (Phi) is 3.64. The standard InChI is InChI=1S/C14H16FN3O2/c1-16-7-10-3-2-4-11(15)13(10)19-8-12-17-14(18-20-12)9-5-6-9/h2-4,9,16H,5-8H2,1H3. The van der Waals surface area contributed by atoms with Crippen molar-refractivity contribution in [2.24, 2.45) is 0 Å². The number of halogens is 1. The third kappa shape index (κ3) is 2.80. The van der Waals surface area contributed by atoms with Crippen molar-refractivity contribution in [2.75, 3.05) is 7.05 Å². The molecular weight excluding hydrogens is 261 g/mol. The first-order valence-corrected chi connectivity index (χ1v) is 6.65. The molecule has 106 valence electrons. The Bertz CT molecular complexity index is 596. The third-order valence-electron chi connectivity index (χ3n) is 3.18. The second-order valence-corrected chi connectivity index (χ2v) is 4.87. The van der Waals surface area contributed by atoms with E-state index in [-0.39, 0.29) is 18.2 Å². The Labute approximate surface area is 116 Å². The van der Waals surface area contributed by atoms with E-state index in [4.69, 9.17) is 9.26 Å². The average molecular weight is 277 g/mol. The lowest BCUT2D eigenvalue weighted by molar-refractivity contribution is 0.231. The number of para-hydroxylation sites is 1. The maximum absolute atomic E-state index is 13.8. The Morgan fingerprint density at radius 2 is 2.30 bits per heavy atom. The maximum Gasteiger partial charge on any atom is 0.264 e. The van der Waals surface area contributed by atoms with E-state index in [1.807, 2.05) is 6.07 Å². The van der Waals surface area contributed by atoms with E-state index in [1.165, 1.54) is 6.07 Å². The van der Waals surface area contributed by atoms with Crippen LogP contribution in [-0.4, -0.2) is 17.2 Å². The fourth-order valence-electron chi connectivity index (χ4n) is 2.01. The molecule has 0 saturated heterocycles. The van der Waals surface area contributed by atoms with Gasteiger partial charge in [-0.05, 0) is 26.0 Å². The average Bonchev–Trinajstić information content (AvgIpc) is 3.18. The van der Waals surface area contributed by atoms with Crippen LogP contribution in [0.25, 0.3) is 0 Å². The van der Waals surface area contributed by atoms with Gasteiger partial charge in [0.05, 0.1) is 0 Å². The highest BCUT2D eigenvalue weighted by molar-refractivity contribution is 5.34. The molecule has 3 rings (SSSR count). The van der Waals surface area contributed by atoms with Crippen LogP contribution in [0.2, 0.25) is 0 Å². The summed E-state index contributed by atoms with van der Waals surface area (Å²) in [5, 5.41) is 6.88. The summed E-state index contributed by atoms with van der Waals surface area (Å²) < 4.78 is 24.4. The third-order valence-corrected chi connectivity index (χ3v) is 3.18. The molecule has 0 spiro atoms. The number of nitrogens with one attached hydrogen (secondary N) is 1. The van der Waals surface area contributed by atoms with Crippen molar-refractivity contribution in [3.8, 4) is 5.75 Å². The fraction of sp³-hybridized carbons (Fsp3) is 0.429. The first-order chi connectivity index (χ1) is 9.78. The molecule has 1 aromatic heterocycles. The number of rotatable bonds is 6. The molecule has 1 saturated carbocycles. The van der Waals surface area contributed by atoms with Gasteiger partial charge < -0.3 is 14.6 Å². The van der Waals surface area contributed by atoms with Gasteiger partial charge in [0.25, 0.3) is 5.89 Å². The summed E-state index contributed by atoms with van der Waals surface area (Å²) in [4.78, 5) is 4.25. The van der Waals surface area contributed by atoms with Gasteiger partial charge in [-0.2, -0.15) is 4.98 Å². The fourth-order valence-corrected chi connectivity index (χ4v) is 2.01. The van der Waals surface area contributed by atoms with Crippen LogP contribution in [0, 0.1) is 5.82 Å². The zero-order chi connectivity index (χ0) is 13.9. The van der Waals surface area contributed by atoms with E-state index in [0.717, 1.165) is 24.2 Å². The number of hydrogen-bond acceptors (Lipinski definition) is 5. The minimum atomic E-state index is -0.389. The molecule has 0 atom stereocenters. The largest absolute Gasteiger partial charge is 0.480 e. The number of nitrogens with zero attached hydrogens (tertiary/aromatic N) is 2. The van der Waals surface area contributed by atoms with Gasteiger partial charge in [-0.25, -0.2) is 4.39 Å². The summed E-state index contributed by atoms with van der Waals surface area (Å²) in [7, 11) is 1.80. The Hall–Kier alpha value is -1.95. The van der Waals surface area contributed by atoms with Crippen molar-refractivity contribution >= 4 is 0 Å². The minimum Gasteiger partial charge on any atom is -0.480 e. The molecule has 5 nitrogen and oxygen atoms in total. The van der Waals surface area contributed by atoms with E-state index >= 15 is 0 Å². The monoisotopic (exact) mass is 277 g/mol. The Morgan fingerprint density at radius 1 is 1.45 bits per heavy atom. The molecule has 1 aromatic carbocycles. The predicted molar refractivity (Wildman–Crippen MR) is 69.8 cm³/mol. The maximum atomic E-state index is 13.8. The summed E-state index contributed by atoms with van der Waals surface area (Å²) in [6.07, 6.45) is 2.22. The van der Waals surface area contributed by atoms with Crippen LogP contribution >= 0.6 is 0 Å². The quantitative estimate of drug-likeness (QED) is 0.878. The molecule has 1 fully saturated rings. The van der Waals surface area contributed by atoms with Gasteiger partial charge in [0.15, 0.2) is 24.0 Å². The van der Waals surface area contributed by atoms with Crippen molar-refractivity contribution in [1.82, 2.24) is 15.5 Å². The van der Waals surface area contributed by atoms with Gasteiger partial charge in [0.2, 0.25) is 0 Å². The van der Waals surface area contributed by atoms with Gasteiger partial charge in [-0.3, -0.25) is 0 Å². The zero-order valence-corrected chi connectivity index (χ0v) is 11.2.